The van der Waals surface area contributed by atoms with Crippen LogP contribution in [0.3, 0.4) is 0 Å². The maximum Gasteiger partial charge on any atom is 0.192 e. The average Bonchev–Trinajstić information content (AvgIpc) is 2.62. The first-order chi connectivity index (χ1) is 9.43. The molecule has 4 nitrogen and oxygen atoms in total. The molecule has 1 aliphatic rings. The zero-order valence-corrected chi connectivity index (χ0v) is 15.4. The monoisotopic (exact) mass is 311 g/mol. The van der Waals surface area contributed by atoms with Crippen LogP contribution in [0.5, 0.6) is 0 Å². The molecule has 1 fully saturated rings. The van der Waals surface area contributed by atoms with Gasteiger partial charge in [-0.3, -0.25) is 0 Å². The van der Waals surface area contributed by atoms with Crippen molar-refractivity contribution in [1.29, 1.82) is 5.26 Å². The van der Waals surface area contributed by atoms with Crippen LogP contribution in [-0.2, 0) is 13.9 Å². The average molecular weight is 311 g/mol. The molecule has 0 aliphatic carbocycles. The molecule has 0 aromatic carbocycles. The Bertz CT molecular complexity index is 420. The van der Waals surface area contributed by atoms with Gasteiger partial charge >= 0.3 is 0 Å². The largest absolute Gasteiger partial charge is 0.410 e. The van der Waals surface area contributed by atoms with E-state index in [2.05, 4.69) is 46.5 Å². The van der Waals surface area contributed by atoms with Gasteiger partial charge < -0.3 is 13.9 Å². The molecule has 0 aromatic rings. The lowest BCUT2D eigenvalue weighted by atomic mass is 10.1. The molecule has 21 heavy (non-hydrogen) atoms. The zero-order chi connectivity index (χ0) is 16.5. The molecule has 3 atom stereocenters. The highest BCUT2D eigenvalue weighted by molar-refractivity contribution is 6.74. The van der Waals surface area contributed by atoms with Crippen molar-refractivity contribution in [3.05, 3.63) is 12.7 Å². The second-order valence-corrected chi connectivity index (χ2v) is 12.3. The molecule has 1 saturated heterocycles. The van der Waals surface area contributed by atoms with E-state index in [1.165, 1.54) is 0 Å². The lowest BCUT2D eigenvalue weighted by molar-refractivity contribution is -0.152. The number of hydrogen-bond donors (Lipinski definition) is 0. The minimum absolute atomic E-state index is 0.0827. The lowest BCUT2D eigenvalue weighted by Gasteiger charge is -2.40. The van der Waals surface area contributed by atoms with E-state index in [1.807, 2.05) is 13.8 Å². The van der Waals surface area contributed by atoms with Gasteiger partial charge in [-0.1, -0.05) is 26.8 Å². The first-order valence-corrected chi connectivity index (χ1v) is 10.4. The number of rotatable bonds is 5. The SMILES string of the molecule is C=CC1OC(C)(C)OC1C(CC#N)O[Si](C)(C)C(C)(C)C. The highest BCUT2D eigenvalue weighted by Crippen LogP contribution is 2.40. The summed E-state index contributed by atoms with van der Waals surface area (Å²) in [7, 11) is -1.98. The molecule has 0 N–H and O–H groups in total. The normalized spacial score (nSPS) is 27.1. The van der Waals surface area contributed by atoms with Crippen molar-refractivity contribution in [2.24, 2.45) is 0 Å². The number of hydrogen-bond acceptors (Lipinski definition) is 4. The van der Waals surface area contributed by atoms with Crippen molar-refractivity contribution >= 4 is 8.32 Å². The third kappa shape index (κ3) is 4.40. The summed E-state index contributed by atoms with van der Waals surface area (Å²) in [5.74, 6) is -0.673. The molecule has 0 amide bonds. The van der Waals surface area contributed by atoms with E-state index in [-0.39, 0.29) is 23.4 Å². The van der Waals surface area contributed by atoms with Crippen molar-refractivity contribution in [2.45, 2.75) is 83.3 Å². The van der Waals surface area contributed by atoms with Crippen LogP contribution >= 0.6 is 0 Å². The van der Waals surface area contributed by atoms with E-state index < -0.39 is 14.1 Å². The Morgan fingerprint density at radius 3 is 2.38 bits per heavy atom. The highest BCUT2D eigenvalue weighted by atomic mass is 28.4. The Morgan fingerprint density at radius 1 is 1.38 bits per heavy atom. The molecule has 1 aliphatic heterocycles. The molecular weight excluding hydrogens is 282 g/mol. The second-order valence-electron chi connectivity index (χ2n) is 7.58. The van der Waals surface area contributed by atoms with Crippen LogP contribution in [0.25, 0.3) is 0 Å². The minimum Gasteiger partial charge on any atom is -0.410 e. The minimum atomic E-state index is -1.98. The van der Waals surface area contributed by atoms with Crippen LogP contribution < -0.4 is 0 Å². The van der Waals surface area contributed by atoms with Gasteiger partial charge in [-0.25, -0.2) is 0 Å². The molecular formula is C16H29NO3Si. The molecule has 0 bridgehead atoms. The van der Waals surface area contributed by atoms with Gasteiger partial charge in [0, 0.05) is 0 Å². The summed E-state index contributed by atoms with van der Waals surface area (Å²) >= 11 is 0. The molecule has 0 aromatic heterocycles. The Hall–Kier alpha value is -0.673. The van der Waals surface area contributed by atoms with Crippen LogP contribution in [0.15, 0.2) is 12.7 Å². The molecule has 1 heterocycles. The Morgan fingerprint density at radius 2 is 1.95 bits per heavy atom. The summed E-state index contributed by atoms with van der Waals surface area (Å²) in [6.45, 7) is 18.5. The number of ether oxygens (including phenoxy) is 2. The van der Waals surface area contributed by atoms with Crippen molar-refractivity contribution in [1.82, 2.24) is 0 Å². The summed E-state index contributed by atoms with van der Waals surface area (Å²) in [5.41, 5.74) is 0. The van der Waals surface area contributed by atoms with Gasteiger partial charge in [0.25, 0.3) is 0 Å². The fourth-order valence-corrected chi connectivity index (χ4v) is 3.48. The first kappa shape index (κ1) is 18.4. The van der Waals surface area contributed by atoms with E-state index in [0.717, 1.165) is 0 Å². The van der Waals surface area contributed by atoms with Crippen molar-refractivity contribution < 1.29 is 13.9 Å². The van der Waals surface area contributed by atoms with Gasteiger partial charge in [-0.05, 0) is 32.0 Å². The highest BCUT2D eigenvalue weighted by Gasteiger charge is 2.47. The number of nitrogens with zero attached hydrogens (tertiary/aromatic N) is 1. The van der Waals surface area contributed by atoms with E-state index in [1.54, 1.807) is 6.08 Å². The lowest BCUT2D eigenvalue weighted by Crippen LogP contribution is -2.49. The van der Waals surface area contributed by atoms with Gasteiger partial charge in [0.05, 0.1) is 18.6 Å². The molecule has 1 rings (SSSR count). The third-order valence-corrected chi connectivity index (χ3v) is 8.81. The Labute approximate surface area is 130 Å². The fourth-order valence-electron chi connectivity index (χ4n) is 2.16. The fraction of sp³-hybridized carbons (Fsp3) is 0.812. The summed E-state index contributed by atoms with van der Waals surface area (Å²) in [5, 5.41) is 9.23. The standard InChI is InChI=1S/C16H29NO3Si/c1-9-12-14(19-16(5,6)18-12)13(10-11-17)20-21(7,8)15(2,3)4/h9,12-14H,1,10H2,2-8H3. The number of nitriles is 1. The van der Waals surface area contributed by atoms with E-state index in [9.17, 15) is 0 Å². The molecule has 0 spiro atoms. The van der Waals surface area contributed by atoms with Crippen LogP contribution in [0, 0.1) is 11.3 Å². The van der Waals surface area contributed by atoms with Crippen molar-refractivity contribution in [3.8, 4) is 6.07 Å². The summed E-state index contributed by atoms with van der Waals surface area (Å²) in [4.78, 5) is 0. The topological polar surface area (TPSA) is 51.5 Å². The van der Waals surface area contributed by atoms with Crippen LogP contribution in [0.1, 0.15) is 41.0 Å². The zero-order valence-electron chi connectivity index (χ0n) is 14.4. The van der Waals surface area contributed by atoms with E-state index in [4.69, 9.17) is 19.2 Å². The Kier molecular flexibility index (Phi) is 5.44. The molecule has 0 radical (unpaired) electrons. The van der Waals surface area contributed by atoms with Gasteiger partial charge in [0.2, 0.25) is 0 Å². The molecule has 3 unspecified atom stereocenters. The van der Waals surface area contributed by atoms with Crippen molar-refractivity contribution in [3.63, 3.8) is 0 Å². The van der Waals surface area contributed by atoms with Gasteiger partial charge in [0.1, 0.15) is 12.2 Å². The van der Waals surface area contributed by atoms with Crippen LogP contribution in [0.4, 0.5) is 0 Å². The smallest absolute Gasteiger partial charge is 0.192 e. The maximum atomic E-state index is 9.15. The maximum absolute atomic E-state index is 9.15. The van der Waals surface area contributed by atoms with E-state index >= 15 is 0 Å². The van der Waals surface area contributed by atoms with E-state index in [0.29, 0.717) is 6.42 Å². The van der Waals surface area contributed by atoms with Gasteiger partial charge in [-0.15, -0.1) is 6.58 Å². The quantitative estimate of drug-likeness (QED) is 0.569. The van der Waals surface area contributed by atoms with Crippen LogP contribution in [-0.4, -0.2) is 32.4 Å². The predicted molar refractivity (Wildman–Crippen MR) is 86.3 cm³/mol. The Balaban J connectivity index is 2.97. The second kappa shape index (κ2) is 6.21. The van der Waals surface area contributed by atoms with Crippen LogP contribution in [0.2, 0.25) is 18.1 Å². The predicted octanol–water partition coefficient (Wildman–Crippen LogP) is 4.00. The molecule has 0 saturated carbocycles. The van der Waals surface area contributed by atoms with Gasteiger partial charge in [-0.2, -0.15) is 5.26 Å². The summed E-state index contributed by atoms with van der Waals surface area (Å²) < 4.78 is 18.2. The molecule has 5 heteroatoms. The summed E-state index contributed by atoms with van der Waals surface area (Å²) in [6, 6.07) is 2.22. The van der Waals surface area contributed by atoms with Crippen molar-refractivity contribution in [2.75, 3.05) is 0 Å². The van der Waals surface area contributed by atoms with Gasteiger partial charge in [0.15, 0.2) is 14.1 Å². The summed E-state index contributed by atoms with van der Waals surface area (Å²) in [6.07, 6.45) is 1.20. The first-order valence-electron chi connectivity index (χ1n) is 7.46. The molecule has 120 valence electrons. The third-order valence-electron chi connectivity index (χ3n) is 4.31.